The molecule has 0 aliphatic carbocycles. The molecule has 0 aliphatic heterocycles. The monoisotopic (exact) mass is 356 g/mol. The zero-order valence-corrected chi connectivity index (χ0v) is 14.9. The molecule has 2 aromatic heterocycles. The number of nitrogens with zero attached hydrogens (tertiary/aromatic N) is 4. The summed E-state index contributed by atoms with van der Waals surface area (Å²) in [6, 6.07) is 13.8. The normalized spacial score (nSPS) is 11.7. The van der Waals surface area contributed by atoms with Gasteiger partial charge in [0.15, 0.2) is 11.6 Å². The second-order valence-corrected chi connectivity index (χ2v) is 6.03. The fourth-order valence-electron chi connectivity index (χ4n) is 2.55. The van der Waals surface area contributed by atoms with Gasteiger partial charge in [0.2, 0.25) is 0 Å². The van der Waals surface area contributed by atoms with Crippen molar-refractivity contribution in [3.05, 3.63) is 65.1 Å². The Labute approximate surface area is 152 Å². The van der Waals surface area contributed by atoms with Crippen LogP contribution < -0.4 is 10.6 Å². The molecule has 1 aromatic carbocycles. The van der Waals surface area contributed by atoms with Gasteiger partial charge >= 0.3 is 0 Å². The Hall–Kier alpha value is -2.60. The van der Waals surface area contributed by atoms with E-state index < -0.39 is 0 Å². The van der Waals surface area contributed by atoms with Crippen LogP contribution in [0.4, 0.5) is 0 Å². The van der Waals surface area contributed by atoms with Gasteiger partial charge in [-0.2, -0.15) is 0 Å². The Morgan fingerprint density at radius 3 is 2.56 bits per heavy atom. The van der Waals surface area contributed by atoms with E-state index >= 15 is 0 Å². The summed E-state index contributed by atoms with van der Waals surface area (Å²) in [5.41, 5.74) is 2.10. The minimum Gasteiger partial charge on any atom is -0.356 e. The van der Waals surface area contributed by atoms with E-state index in [1.807, 2.05) is 53.1 Å². The van der Waals surface area contributed by atoms with E-state index in [2.05, 4.69) is 25.8 Å². The Balaban J connectivity index is 1.44. The average molecular weight is 357 g/mol. The summed E-state index contributed by atoms with van der Waals surface area (Å²) in [7, 11) is 1.77. The summed E-state index contributed by atoms with van der Waals surface area (Å²) < 4.78 is 2.00. The lowest BCUT2D eigenvalue weighted by atomic mass is 10.1. The van der Waals surface area contributed by atoms with Crippen molar-refractivity contribution in [2.24, 2.45) is 4.99 Å². The van der Waals surface area contributed by atoms with Crippen LogP contribution in [0.25, 0.3) is 5.65 Å². The Bertz CT molecular complexity index is 840. The van der Waals surface area contributed by atoms with Crippen LogP contribution in [-0.2, 0) is 12.8 Å². The molecule has 2 heterocycles. The molecule has 25 heavy (non-hydrogen) atoms. The van der Waals surface area contributed by atoms with Gasteiger partial charge in [0.05, 0.1) is 0 Å². The average Bonchev–Trinajstić information content (AvgIpc) is 3.05. The Kier molecular flexibility index (Phi) is 5.85. The molecule has 7 heteroatoms. The first kappa shape index (κ1) is 17.2. The van der Waals surface area contributed by atoms with Crippen LogP contribution in [0, 0.1) is 0 Å². The number of benzene rings is 1. The number of aliphatic imine (C=N–C) groups is 1. The van der Waals surface area contributed by atoms with Crippen molar-refractivity contribution in [2.45, 2.75) is 12.8 Å². The van der Waals surface area contributed by atoms with Crippen molar-refractivity contribution in [2.75, 3.05) is 20.1 Å². The number of pyridine rings is 1. The van der Waals surface area contributed by atoms with Crippen LogP contribution in [0.2, 0.25) is 5.02 Å². The summed E-state index contributed by atoms with van der Waals surface area (Å²) in [5.74, 6) is 1.71. The van der Waals surface area contributed by atoms with Gasteiger partial charge in [0, 0.05) is 37.8 Å². The lowest BCUT2D eigenvalue weighted by Crippen LogP contribution is -2.39. The molecule has 0 radical (unpaired) electrons. The van der Waals surface area contributed by atoms with E-state index in [1.54, 1.807) is 7.05 Å². The first-order valence-corrected chi connectivity index (χ1v) is 8.61. The standard InChI is InChI=1S/C18H21ClN6/c1-20-18(21-11-9-14-5-7-15(19)8-6-14)22-12-10-17-24-23-16-4-2-3-13-25(16)17/h2-8,13H,9-12H2,1H3,(H2,20,21,22). The van der Waals surface area contributed by atoms with Crippen LogP contribution in [0.3, 0.4) is 0 Å². The molecule has 0 spiro atoms. The van der Waals surface area contributed by atoms with Crippen molar-refractivity contribution in [1.82, 2.24) is 25.2 Å². The molecule has 0 aliphatic rings. The molecule has 130 valence electrons. The summed E-state index contributed by atoms with van der Waals surface area (Å²) in [6.45, 7) is 1.53. The van der Waals surface area contributed by atoms with Gasteiger partial charge in [-0.25, -0.2) is 0 Å². The first-order chi connectivity index (χ1) is 12.3. The number of hydrogen-bond donors (Lipinski definition) is 2. The third-order valence-electron chi connectivity index (χ3n) is 3.87. The smallest absolute Gasteiger partial charge is 0.191 e. The second-order valence-electron chi connectivity index (χ2n) is 5.60. The summed E-state index contributed by atoms with van der Waals surface area (Å²) in [6.07, 6.45) is 3.65. The molecule has 0 bridgehead atoms. The Morgan fingerprint density at radius 1 is 1.04 bits per heavy atom. The van der Waals surface area contributed by atoms with E-state index in [0.29, 0.717) is 0 Å². The lowest BCUT2D eigenvalue weighted by molar-refractivity contribution is 0.756. The molecule has 0 atom stereocenters. The van der Waals surface area contributed by atoms with Crippen molar-refractivity contribution in [1.29, 1.82) is 0 Å². The SMILES string of the molecule is CN=C(NCCc1ccc(Cl)cc1)NCCc1nnc2ccccn12. The van der Waals surface area contributed by atoms with Gasteiger partial charge in [-0.1, -0.05) is 29.8 Å². The molecule has 0 saturated carbocycles. The minimum atomic E-state index is 0.732. The number of halogens is 1. The molecule has 0 fully saturated rings. The molecule has 2 N–H and O–H groups in total. The zero-order chi connectivity index (χ0) is 17.5. The van der Waals surface area contributed by atoms with Gasteiger partial charge in [0.25, 0.3) is 0 Å². The number of nitrogens with one attached hydrogen (secondary N) is 2. The van der Waals surface area contributed by atoms with Crippen molar-refractivity contribution in [3.8, 4) is 0 Å². The number of hydrogen-bond acceptors (Lipinski definition) is 3. The quantitative estimate of drug-likeness (QED) is 0.525. The predicted octanol–water partition coefficient (Wildman–Crippen LogP) is 2.33. The molecule has 3 rings (SSSR count). The van der Waals surface area contributed by atoms with Gasteiger partial charge in [-0.15, -0.1) is 10.2 Å². The lowest BCUT2D eigenvalue weighted by Gasteiger charge is -2.11. The summed E-state index contributed by atoms with van der Waals surface area (Å²) in [4.78, 5) is 4.24. The predicted molar refractivity (Wildman–Crippen MR) is 101 cm³/mol. The fraction of sp³-hybridized carbons (Fsp3) is 0.278. The van der Waals surface area contributed by atoms with Gasteiger partial charge in [-0.3, -0.25) is 9.39 Å². The highest BCUT2D eigenvalue weighted by Crippen LogP contribution is 2.09. The van der Waals surface area contributed by atoms with Crippen LogP contribution in [0.1, 0.15) is 11.4 Å². The van der Waals surface area contributed by atoms with E-state index in [-0.39, 0.29) is 0 Å². The maximum Gasteiger partial charge on any atom is 0.191 e. The zero-order valence-electron chi connectivity index (χ0n) is 14.1. The maximum absolute atomic E-state index is 5.90. The van der Waals surface area contributed by atoms with Crippen LogP contribution in [0.5, 0.6) is 0 Å². The van der Waals surface area contributed by atoms with Crippen LogP contribution >= 0.6 is 11.6 Å². The van der Waals surface area contributed by atoms with Crippen molar-refractivity contribution in [3.63, 3.8) is 0 Å². The fourth-order valence-corrected chi connectivity index (χ4v) is 2.68. The number of fused-ring (bicyclic) bond motifs is 1. The third-order valence-corrected chi connectivity index (χ3v) is 4.12. The maximum atomic E-state index is 5.90. The summed E-state index contributed by atoms with van der Waals surface area (Å²) >= 11 is 5.90. The topological polar surface area (TPSA) is 66.6 Å². The molecule has 0 saturated heterocycles. The molecule has 0 amide bonds. The third kappa shape index (κ3) is 4.70. The molecular weight excluding hydrogens is 336 g/mol. The van der Waals surface area contributed by atoms with Crippen molar-refractivity contribution >= 4 is 23.2 Å². The number of guanidine groups is 1. The van der Waals surface area contributed by atoms with Crippen LogP contribution in [0.15, 0.2) is 53.7 Å². The molecule has 0 unspecified atom stereocenters. The second kappa shape index (κ2) is 8.48. The first-order valence-electron chi connectivity index (χ1n) is 8.24. The Morgan fingerprint density at radius 2 is 1.80 bits per heavy atom. The highest BCUT2D eigenvalue weighted by Gasteiger charge is 2.04. The van der Waals surface area contributed by atoms with Crippen LogP contribution in [-0.4, -0.2) is 40.7 Å². The minimum absolute atomic E-state index is 0.732. The highest BCUT2D eigenvalue weighted by molar-refractivity contribution is 6.30. The van der Waals surface area contributed by atoms with Crippen molar-refractivity contribution < 1.29 is 0 Å². The number of rotatable bonds is 6. The summed E-state index contributed by atoms with van der Waals surface area (Å²) in [5, 5.41) is 15.8. The number of aromatic nitrogens is 3. The largest absolute Gasteiger partial charge is 0.356 e. The molecular formula is C18H21ClN6. The van der Waals surface area contributed by atoms with Gasteiger partial charge in [-0.05, 0) is 36.2 Å². The van der Waals surface area contributed by atoms with Gasteiger partial charge in [0.1, 0.15) is 5.82 Å². The van der Waals surface area contributed by atoms with E-state index in [9.17, 15) is 0 Å². The van der Waals surface area contributed by atoms with Gasteiger partial charge < -0.3 is 10.6 Å². The van der Waals surface area contributed by atoms with E-state index in [4.69, 9.17) is 11.6 Å². The van der Waals surface area contributed by atoms with E-state index in [0.717, 1.165) is 48.4 Å². The molecule has 6 nitrogen and oxygen atoms in total. The molecule has 3 aromatic rings. The van der Waals surface area contributed by atoms with E-state index in [1.165, 1.54) is 5.56 Å². The highest BCUT2D eigenvalue weighted by atomic mass is 35.5.